The maximum atomic E-state index is 12.4. The van der Waals surface area contributed by atoms with Gasteiger partial charge in [-0.15, -0.1) is 11.8 Å². The van der Waals surface area contributed by atoms with E-state index in [0.29, 0.717) is 17.4 Å². The Hall–Kier alpha value is -3.85. The number of hydrogen-bond donors (Lipinski definition) is 0. The van der Waals surface area contributed by atoms with Crippen LogP contribution in [0.2, 0.25) is 0 Å². The lowest BCUT2D eigenvalue weighted by molar-refractivity contribution is -0.241. The number of fused-ring (bicyclic) bond motifs is 2. The van der Waals surface area contributed by atoms with E-state index in [4.69, 9.17) is 47.6 Å². The van der Waals surface area contributed by atoms with Crippen LogP contribution in [0.15, 0.2) is 59.6 Å². The molecule has 0 amide bonds. The molecule has 2 bridgehead atoms. The Kier molecular flexibility index (Phi) is 11.8. The maximum Gasteiger partial charge on any atom is 0.303 e. The molecule has 48 heavy (non-hydrogen) atoms. The van der Waals surface area contributed by atoms with E-state index >= 15 is 0 Å². The topological polar surface area (TPSA) is 147 Å². The number of rotatable bonds is 12. The highest BCUT2D eigenvalue weighted by molar-refractivity contribution is 8.00. The van der Waals surface area contributed by atoms with Crippen LogP contribution in [-0.4, -0.2) is 97.2 Å². The van der Waals surface area contributed by atoms with Crippen LogP contribution in [0.1, 0.15) is 40.2 Å². The lowest BCUT2D eigenvalue weighted by Crippen LogP contribution is -2.64. The molecule has 13 nitrogen and oxygen atoms in total. The molecule has 0 aliphatic carbocycles. The van der Waals surface area contributed by atoms with Crippen molar-refractivity contribution in [2.24, 2.45) is 4.99 Å². The number of nitrogens with zero attached hydrogens (tertiary/aromatic N) is 1. The zero-order valence-electron chi connectivity index (χ0n) is 27.6. The van der Waals surface area contributed by atoms with Crippen molar-refractivity contribution in [1.82, 2.24) is 0 Å². The molecule has 2 aromatic carbocycles. The molecule has 10 atom stereocenters. The number of aliphatic imine (C=N–C) groups is 1. The Morgan fingerprint density at radius 3 is 2.10 bits per heavy atom. The molecule has 260 valence electrons. The summed E-state index contributed by atoms with van der Waals surface area (Å²) in [6.07, 6.45) is -6.06. The fraction of sp³-hybridized carbons (Fsp3) is 0.529. The van der Waals surface area contributed by atoms with Gasteiger partial charge in [-0.2, -0.15) is 0 Å². The van der Waals surface area contributed by atoms with Gasteiger partial charge in [-0.1, -0.05) is 30.3 Å². The molecule has 0 unspecified atom stereocenters. The van der Waals surface area contributed by atoms with Gasteiger partial charge in [0.05, 0.1) is 25.1 Å². The van der Waals surface area contributed by atoms with E-state index in [0.717, 1.165) is 5.56 Å². The fourth-order valence-corrected chi connectivity index (χ4v) is 7.52. The van der Waals surface area contributed by atoms with Crippen molar-refractivity contribution in [3.63, 3.8) is 0 Å². The van der Waals surface area contributed by atoms with Gasteiger partial charge in [0, 0.05) is 27.7 Å². The number of methoxy groups -OCH3 is 1. The monoisotopic (exact) mass is 687 g/mol. The Morgan fingerprint density at radius 1 is 0.833 bits per heavy atom. The number of thioether (sulfide) groups is 1. The van der Waals surface area contributed by atoms with Gasteiger partial charge in [0.1, 0.15) is 41.8 Å². The third-order valence-corrected chi connectivity index (χ3v) is 9.42. The van der Waals surface area contributed by atoms with Gasteiger partial charge in [-0.05, 0) is 36.8 Å². The first kappa shape index (κ1) is 35.5. The van der Waals surface area contributed by atoms with Crippen LogP contribution >= 0.6 is 11.8 Å². The summed E-state index contributed by atoms with van der Waals surface area (Å²) in [6.45, 7) is 7.55. The second kappa shape index (κ2) is 16.0. The minimum absolute atomic E-state index is 0.110. The molecule has 0 spiro atoms. The molecule has 2 fully saturated rings. The van der Waals surface area contributed by atoms with E-state index < -0.39 is 77.5 Å². The van der Waals surface area contributed by atoms with Gasteiger partial charge < -0.3 is 42.6 Å². The zero-order valence-corrected chi connectivity index (χ0v) is 28.5. The fourth-order valence-electron chi connectivity index (χ4n) is 5.87. The van der Waals surface area contributed by atoms with E-state index in [1.165, 1.54) is 32.5 Å². The number of benzene rings is 2. The summed E-state index contributed by atoms with van der Waals surface area (Å²) in [5.41, 5.74) is 0.0645. The van der Waals surface area contributed by atoms with Crippen molar-refractivity contribution in [3.05, 3.63) is 60.2 Å². The number of ether oxygens (including phenoxy) is 9. The lowest BCUT2D eigenvalue weighted by Gasteiger charge is -2.49. The number of esters is 3. The molecule has 3 aliphatic heterocycles. The second-order valence-electron chi connectivity index (χ2n) is 11.6. The van der Waals surface area contributed by atoms with Crippen molar-refractivity contribution in [2.75, 3.05) is 13.7 Å². The van der Waals surface area contributed by atoms with Crippen LogP contribution in [0.5, 0.6) is 11.5 Å². The Balaban J connectivity index is 1.45. The third-order valence-electron chi connectivity index (χ3n) is 7.91. The van der Waals surface area contributed by atoms with Crippen molar-refractivity contribution >= 4 is 35.6 Å². The minimum atomic E-state index is -1.14. The van der Waals surface area contributed by atoms with Gasteiger partial charge >= 0.3 is 17.9 Å². The van der Waals surface area contributed by atoms with E-state index in [1.54, 1.807) is 45.2 Å². The molecule has 0 aromatic heterocycles. The first-order valence-corrected chi connectivity index (χ1v) is 16.6. The van der Waals surface area contributed by atoms with Gasteiger partial charge in [0.2, 0.25) is 0 Å². The Bertz CT molecular complexity index is 1440. The predicted molar refractivity (Wildman–Crippen MR) is 173 cm³/mol. The Labute approximate surface area is 283 Å². The van der Waals surface area contributed by atoms with E-state index in [1.807, 2.05) is 30.3 Å². The van der Waals surface area contributed by atoms with E-state index in [9.17, 15) is 14.4 Å². The van der Waals surface area contributed by atoms with Crippen molar-refractivity contribution in [1.29, 1.82) is 0 Å². The van der Waals surface area contributed by atoms with Gasteiger partial charge in [0.15, 0.2) is 30.5 Å². The van der Waals surface area contributed by atoms with Crippen molar-refractivity contribution in [3.8, 4) is 11.5 Å². The van der Waals surface area contributed by atoms with E-state index in [-0.39, 0.29) is 13.2 Å². The van der Waals surface area contributed by atoms with Crippen LogP contribution in [0, 0.1) is 0 Å². The smallest absolute Gasteiger partial charge is 0.303 e. The molecule has 5 rings (SSSR count). The molecule has 0 saturated carbocycles. The number of carbonyl (C=O) groups excluding carboxylic acids is 3. The standard InChI is InChI=1S/C34H41NO12S/c1-18-28(44-20(3)36)30(45-21(4)37)31(46-22(5)38)34(42-18)48-32-27-33(41-16-23-10-8-7-9-11-23)47-26(29(32)43-19(2)35-27)17-40-25-14-12-24(39-6)13-15-25/h7-15,18,26-34H,16-17H2,1-6H3/t18-,26+,27+,28+,29+,30+,31-,32+,33+,34-/m0/s1. The lowest BCUT2D eigenvalue weighted by atomic mass is 9.98. The molecular weight excluding hydrogens is 646 g/mol. The average molecular weight is 688 g/mol. The first-order valence-electron chi connectivity index (χ1n) is 15.6. The quantitative estimate of drug-likeness (QED) is 0.235. The summed E-state index contributed by atoms with van der Waals surface area (Å²) in [5, 5.41) is -0.466. The van der Waals surface area contributed by atoms with Crippen LogP contribution in [-0.2, 0) is 54.1 Å². The molecule has 3 aliphatic rings. The van der Waals surface area contributed by atoms with Gasteiger partial charge in [-0.25, -0.2) is 4.99 Å². The SMILES string of the molecule is COc1ccc(OC[C@H]2O[C@@H](OCc3ccccc3)[C@@H]3N=C(C)O[C@H]2[C@@H]3S[C@@H]2O[C@@H](C)[C@@H](OC(C)=O)[C@@H](OC(C)=O)[C@@H]2OC(C)=O)cc1. The summed E-state index contributed by atoms with van der Waals surface area (Å²) < 4.78 is 53.8. The summed E-state index contributed by atoms with van der Waals surface area (Å²) in [4.78, 5) is 41.4. The largest absolute Gasteiger partial charge is 0.497 e. The van der Waals surface area contributed by atoms with Gasteiger partial charge in [-0.3, -0.25) is 14.4 Å². The Morgan fingerprint density at radius 2 is 1.46 bits per heavy atom. The molecule has 14 heteroatoms. The molecule has 0 N–H and O–H groups in total. The number of hydrogen-bond acceptors (Lipinski definition) is 14. The second-order valence-corrected chi connectivity index (χ2v) is 12.9. The third kappa shape index (κ3) is 8.78. The van der Waals surface area contributed by atoms with Crippen molar-refractivity contribution in [2.45, 2.75) is 101 Å². The van der Waals surface area contributed by atoms with E-state index in [2.05, 4.69) is 0 Å². The highest BCUT2D eigenvalue weighted by Crippen LogP contribution is 2.43. The van der Waals surface area contributed by atoms with Crippen LogP contribution in [0.3, 0.4) is 0 Å². The normalized spacial score (nSPS) is 31.0. The highest BCUT2D eigenvalue weighted by Gasteiger charge is 2.56. The van der Waals surface area contributed by atoms with Crippen molar-refractivity contribution < 1.29 is 57.0 Å². The first-order chi connectivity index (χ1) is 23.0. The zero-order chi connectivity index (χ0) is 34.4. The maximum absolute atomic E-state index is 12.4. The minimum Gasteiger partial charge on any atom is -0.497 e. The van der Waals surface area contributed by atoms with Gasteiger partial charge in [0.25, 0.3) is 0 Å². The highest BCUT2D eigenvalue weighted by atomic mass is 32.2. The molecule has 2 aromatic rings. The number of carbonyl (C=O) groups is 3. The molecule has 0 radical (unpaired) electrons. The summed E-state index contributed by atoms with van der Waals surface area (Å²) in [6, 6.07) is 16.3. The molecular formula is C34H41NO12S. The average Bonchev–Trinajstić information content (AvgIpc) is 3.04. The molecule has 3 heterocycles. The predicted octanol–water partition coefficient (Wildman–Crippen LogP) is 3.84. The molecule has 2 saturated heterocycles. The van der Waals surface area contributed by atoms with Crippen LogP contribution in [0.25, 0.3) is 0 Å². The summed E-state index contributed by atoms with van der Waals surface area (Å²) in [5.74, 6) is -0.114. The summed E-state index contributed by atoms with van der Waals surface area (Å²) in [7, 11) is 1.59. The van der Waals surface area contributed by atoms with Crippen LogP contribution < -0.4 is 9.47 Å². The van der Waals surface area contributed by atoms with Crippen LogP contribution in [0.4, 0.5) is 0 Å². The summed E-state index contributed by atoms with van der Waals surface area (Å²) >= 11 is 1.30.